The van der Waals surface area contributed by atoms with E-state index in [2.05, 4.69) is 5.32 Å². The van der Waals surface area contributed by atoms with Crippen molar-refractivity contribution in [2.75, 3.05) is 18.5 Å². The van der Waals surface area contributed by atoms with Crippen molar-refractivity contribution >= 4 is 28.2 Å². The van der Waals surface area contributed by atoms with Crippen LogP contribution in [0.4, 0.5) is 5.00 Å². The Balaban J connectivity index is 1.62. The Kier molecular flexibility index (Phi) is 7.41. The summed E-state index contributed by atoms with van der Waals surface area (Å²) >= 11 is 1.37. The zero-order valence-electron chi connectivity index (χ0n) is 16.2. The van der Waals surface area contributed by atoms with Gasteiger partial charge in [0.1, 0.15) is 10.8 Å². The summed E-state index contributed by atoms with van der Waals surface area (Å²) in [7, 11) is 0. The number of anilines is 1. The van der Waals surface area contributed by atoms with Crippen LogP contribution in [0, 0.1) is 0 Å². The number of para-hydroxylation sites is 1. The van der Waals surface area contributed by atoms with Crippen molar-refractivity contribution in [3.05, 3.63) is 72.3 Å². The van der Waals surface area contributed by atoms with Gasteiger partial charge in [-0.2, -0.15) is 0 Å². The van der Waals surface area contributed by atoms with Crippen LogP contribution in [0.2, 0.25) is 0 Å². The monoisotopic (exact) mass is 409 g/mol. The Labute approximate surface area is 174 Å². The first-order valence-electron chi connectivity index (χ1n) is 9.51. The van der Waals surface area contributed by atoms with Gasteiger partial charge in [-0.25, -0.2) is 4.79 Å². The van der Waals surface area contributed by atoms with Crippen LogP contribution in [0.5, 0.6) is 5.75 Å². The topological polar surface area (TPSA) is 64.6 Å². The van der Waals surface area contributed by atoms with Gasteiger partial charge in [0.15, 0.2) is 0 Å². The van der Waals surface area contributed by atoms with Gasteiger partial charge in [0.2, 0.25) is 5.91 Å². The Bertz CT molecular complexity index is 938. The highest BCUT2D eigenvalue weighted by Gasteiger charge is 2.19. The molecule has 6 heteroatoms. The molecule has 0 bridgehead atoms. The molecule has 0 saturated heterocycles. The maximum atomic E-state index is 12.4. The molecule has 0 atom stereocenters. The van der Waals surface area contributed by atoms with E-state index in [0.29, 0.717) is 30.0 Å². The molecular formula is C23H23NO4S. The summed E-state index contributed by atoms with van der Waals surface area (Å²) < 4.78 is 10.8. The molecule has 1 amide bonds. The Morgan fingerprint density at radius 1 is 1.00 bits per heavy atom. The van der Waals surface area contributed by atoms with E-state index in [4.69, 9.17) is 9.47 Å². The van der Waals surface area contributed by atoms with E-state index in [1.54, 1.807) is 13.0 Å². The van der Waals surface area contributed by atoms with Crippen LogP contribution in [-0.4, -0.2) is 25.1 Å². The van der Waals surface area contributed by atoms with E-state index in [0.717, 1.165) is 16.2 Å². The number of thiophene rings is 1. The van der Waals surface area contributed by atoms with Gasteiger partial charge in [-0.1, -0.05) is 48.5 Å². The van der Waals surface area contributed by atoms with Gasteiger partial charge >= 0.3 is 5.97 Å². The minimum atomic E-state index is -0.436. The molecule has 2 aromatic carbocycles. The zero-order valence-corrected chi connectivity index (χ0v) is 17.0. The molecule has 150 valence electrons. The molecule has 1 heterocycles. The van der Waals surface area contributed by atoms with Crippen molar-refractivity contribution in [3.8, 4) is 16.2 Å². The molecule has 0 spiro atoms. The maximum absolute atomic E-state index is 12.4. The quantitative estimate of drug-likeness (QED) is 0.380. The summed E-state index contributed by atoms with van der Waals surface area (Å²) in [5.41, 5.74) is 1.37. The zero-order chi connectivity index (χ0) is 20.5. The average molecular weight is 410 g/mol. The first kappa shape index (κ1) is 20.6. The summed E-state index contributed by atoms with van der Waals surface area (Å²) in [6.07, 6.45) is 0.875. The molecule has 3 aromatic rings. The predicted octanol–water partition coefficient (Wildman–Crippen LogP) is 5.39. The van der Waals surface area contributed by atoms with Crippen molar-refractivity contribution in [1.82, 2.24) is 0 Å². The summed E-state index contributed by atoms with van der Waals surface area (Å²) in [6.45, 7) is 2.48. The highest BCUT2D eigenvalue weighted by molar-refractivity contribution is 7.20. The number of rotatable bonds is 9. The number of hydrogen-bond donors (Lipinski definition) is 1. The van der Waals surface area contributed by atoms with Crippen molar-refractivity contribution in [3.63, 3.8) is 0 Å². The third-order valence-corrected chi connectivity index (χ3v) is 5.20. The Morgan fingerprint density at radius 2 is 1.69 bits per heavy atom. The molecule has 0 saturated carbocycles. The second-order valence-electron chi connectivity index (χ2n) is 6.25. The molecule has 29 heavy (non-hydrogen) atoms. The Morgan fingerprint density at radius 3 is 2.38 bits per heavy atom. The fraction of sp³-hybridized carbons (Fsp3) is 0.217. The molecule has 0 aliphatic carbocycles. The summed E-state index contributed by atoms with van der Waals surface area (Å²) in [4.78, 5) is 25.6. The number of nitrogens with one attached hydrogen (secondary N) is 1. The van der Waals surface area contributed by atoms with Crippen molar-refractivity contribution < 1.29 is 19.1 Å². The fourth-order valence-corrected chi connectivity index (χ4v) is 3.79. The molecule has 0 fully saturated rings. The van der Waals surface area contributed by atoms with Crippen molar-refractivity contribution in [2.24, 2.45) is 0 Å². The van der Waals surface area contributed by atoms with Gasteiger partial charge in [-0.3, -0.25) is 4.79 Å². The normalized spacial score (nSPS) is 10.4. The largest absolute Gasteiger partial charge is 0.494 e. The molecule has 0 radical (unpaired) electrons. The van der Waals surface area contributed by atoms with Gasteiger partial charge < -0.3 is 14.8 Å². The third kappa shape index (κ3) is 5.93. The lowest BCUT2D eigenvalue weighted by Gasteiger charge is -2.07. The molecule has 3 rings (SSSR count). The van der Waals surface area contributed by atoms with Gasteiger partial charge in [-0.05, 0) is 37.1 Å². The number of ether oxygens (including phenoxy) is 2. The lowest BCUT2D eigenvalue weighted by molar-refractivity contribution is -0.116. The van der Waals surface area contributed by atoms with Crippen LogP contribution in [0.15, 0.2) is 66.7 Å². The molecule has 1 N–H and O–H groups in total. The van der Waals surface area contributed by atoms with Gasteiger partial charge in [-0.15, -0.1) is 11.3 Å². The minimum absolute atomic E-state index is 0.159. The second-order valence-corrected chi connectivity index (χ2v) is 7.31. The number of esters is 1. The van der Waals surface area contributed by atoms with Gasteiger partial charge in [0.05, 0.1) is 18.8 Å². The van der Waals surface area contributed by atoms with Crippen LogP contribution in [-0.2, 0) is 9.53 Å². The first-order chi connectivity index (χ1) is 14.2. The molecule has 5 nitrogen and oxygen atoms in total. The van der Waals surface area contributed by atoms with Gasteiger partial charge in [0.25, 0.3) is 0 Å². The molecular weight excluding hydrogens is 386 g/mol. The van der Waals surface area contributed by atoms with E-state index in [1.165, 1.54) is 11.3 Å². The molecule has 1 aromatic heterocycles. The summed E-state index contributed by atoms with van der Waals surface area (Å²) in [5, 5.41) is 3.37. The highest BCUT2D eigenvalue weighted by Crippen LogP contribution is 2.36. The number of hydrogen-bond acceptors (Lipinski definition) is 5. The van der Waals surface area contributed by atoms with Crippen LogP contribution >= 0.6 is 11.3 Å². The molecule has 0 unspecified atom stereocenters. The number of carbonyl (C=O) groups excluding carboxylic acids is 2. The number of carbonyl (C=O) groups is 2. The minimum Gasteiger partial charge on any atom is -0.494 e. The lowest BCUT2D eigenvalue weighted by atomic mass is 10.1. The fourth-order valence-electron chi connectivity index (χ4n) is 2.72. The molecule has 0 aliphatic heterocycles. The van der Waals surface area contributed by atoms with Crippen LogP contribution in [0.1, 0.15) is 30.1 Å². The first-order valence-corrected chi connectivity index (χ1v) is 10.3. The van der Waals surface area contributed by atoms with Crippen LogP contribution in [0.3, 0.4) is 0 Å². The van der Waals surface area contributed by atoms with E-state index >= 15 is 0 Å². The third-order valence-electron chi connectivity index (χ3n) is 4.10. The Hall–Kier alpha value is -3.12. The van der Waals surface area contributed by atoms with E-state index in [-0.39, 0.29) is 12.5 Å². The predicted molar refractivity (Wildman–Crippen MR) is 116 cm³/mol. The van der Waals surface area contributed by atoms with Crippen LogP contribution in [0.25, 0.3) is 10.4 Å². The van der Waals surface area contributed by atoms with Crippen LogP contribution < -0.4 is 10.1 Å². The second kappa shape index (κ2) is 10.4. The summed E-state index contributed by atoms with van der Waals surface area (Å²) in [6, 6.07) is 21.0. The van der Waals surface area contributed by atoms with E-state index < -0.39 is 5.97 Å². The average Bonchev–Trinajstić information content (AvgIpc) is 3.17. The maximum Gasteiger partial charge on any atom is 0.341 e. The SMILES string of the molecule is CCOC(=O)c1cc(-c2ccccc2)sc1NC(=O)CCCOc1ccccc1. The van der Waals surface area contributed by atoms with Gasteiger partial charge in [0, 0.05) is 11.3 Å². The highest BCUT2D eigenvalue weighted by atomic mass is 32.1. The van der Waals surface area contributed by atoms with E-state index in [9.17, 15) is 9.59 Å². The number of amides is 1. The summed E-state index contributed by atoms with van der Waals surface area (Å²) in [5.74, 6) is 0.186. The smallest absolute Gasteiger partial charge is 0.341 e. The van der Waals surface area contributed by atoms with E-state index in [1.807, 2.05) is 60.7 Å². The van der Waals surface area contributed by atoms with Crippen molar-refractivity contribution in [1.29, 1.82) is 0 Å². The number of benzene rings is 2. The lowest BCUT2D eigenvalue weighted by Crippen LogP contribution is -2.14. The standard InChI is InChI=1S/C23H23NO4S/c1-2-27-23(26)19-16-20(17-10-5-3-6-11-17)29-22(19)24-21(25)14-9-15-28-18-12-7-4-8-13-18/h3-8,10-13,16H,2,9,14-15H2,1H3,(H,24,25). The molecule has 0 aliphatic rings. The van der Waals surface area contributed by atoms with Crippen molar-refractivity contribution in [2.45, 2.75) is 19.8 Å².